The predicted octanol–water partition coefficient (Wildman–Crippen LogP) is 3.18. The highest BCUT2D eigenvalue weighted by Crippen LogP contribution is 2.26. The number of carbonyl (C=O) groups excluding carboxylic acids is 1. The minimum absolute atomic E-state index is 0.159. The largest absolute Gasteiger partial charge is 0.384 e. The highest BCUT2D eigenvalue weighted by atomic mass is 79.9. The normalized spacial score (nSPS) is 10.4. The molecule has 6 heteroatoms. The number of halogens is 1. The summed E-state index contributed by atoms with van der Waals surface area (Å²) < 4.78 is 2.60. The van der Waals surface area contributed by atoms with Crippen LogP contribution in [0.5, 0.6) is 0 Å². The molecule has 0 saturated carbocycles. The Bertz CT molecular complexity index is 636. The fourth-order valence-electron chi connectivity index (χ4n) is 1.88. The number of rotatable bonds is 4. The molecule has 0 atom stereocenters. The number of aromatic nitrogens is 2. The van der Waals surface area contributed by atoms with Gasteiger partial charge in [-0.3, -0.25) is 9.48 Å². The number of aryl methyl sites for hydroxylation is 1. The van der Waals surface area contributed by atoms with Crippen LogP contribution in [0.4, 0.5) is 11.4 Å². The molecule has 0 aliphatic carbocycles. The molecule has 0 unspecified atom stereocenters. The van der Waals surface area contributed by atoms with Crippen LogP contribution in [0, 0.1) is 6.92 Å². The second-order valence-electron chi connectivity index (χ2n) is 4.44. The van der Waals surface area contributed by atoms with Gasteiger partial charge in [0, 0.05) is 23.8 Å². The molecule has 0 aliphatic heterocycles. The maximum atomic E-state index is 12.3. The Balaban J connectivity index is 2.27. The van der Waals surface area contributed by atoms with E-state index in [0.29, 0.717) is 5.56 Å². The number of benzene rings is 1. The van der Waals surface area contributed by atoms with Gasteiger partial charge in [-0.2, -0.15) is 5.10 Å². The minimum atomic E-state index is -0.159. The first-order valence-electron chi connectivity index (χ1n) is 6.36. The van der Waals surface area contributed by atoms with Gasteiger partial charge in [0.05, 0.1) is 23.1 Å². The fourth-order valence-corrected chi connectivity index (χ4v) is 2.24. The van der Waals surface area contributed by atoms with Crippen molar-refractivity contribution in [1.82, 2.24) is 9.78 Å². The molecule has 0 radical (unpaired) electrons. The van der Waals surface area contributed by atoms with E-state index in [9.17, 15) is 4.79 Å². The van der Waals surface area contributed by atoms with Gasteiger partial charge in [-0.15, -0.1) is 0 Å². The molecule has 2 aromatic rings. The van der Waals surface area contributed by atoms with Crippen LogP contribution in [0.3, 0.4) is 0 Å². The number of anilines is 2. The van der Waals surface area contributed by atoms with Crippen molar-refractivity contribution < 1.29 is 4.79 Å². The topological polar surface area (TPSA) is 58.9 Å². The van der Waals surface area contributed by atoms with E-state index in [-0.39, 0.29) is 5.91 Å². The lowest BCUT2D eigenvalue weighted by molar-refractivity contribution is 0.102. The van der Waals surface area contributed by atoms with Crippen molar-refractivity contribution in [3.63, 3.8) is 0 Å². The van der Waals surface area contributed by atoms with Crippen LogP contribution in [0.15, 0.2) is 28.9 Å². The summed E-state index contributed by atoms with van der Waals surface area (Å²) in [7, 11) is 1.81. The molecular formula is C14H17BrN4O. The van der Waals surface area contributed by atoms with E-state index < -0.39 is 0 Å². The molecule has 106 valence electrons. The van der Waals surface area contributed by atoms with Crippen LogP contribution in [0.25, 0.3) is 0 Å². The molecule has 1 amide bonds. The van der Waals surface area contributed by atoms with Gasteiger partial charge in [-0.05, 0) is 32.0 Å². The highest BCUT2D eigenvalue weighted by molar-refractivity contribution is 9.10. The van der Waals surface area contributed by atoms with Gasteiger partial charge in [0.15, 0.2) is 0 Å². The van der Waals surface area contributed by atoms with E-state index in [1.54, 1.807) is 10.9 Å². The molecule has 2 N–H and O–H groups in total. The smallest absolute Gasteiger partial charge is 0.259 e. The third-order valence-electron chi connectivity index (χ3n) is 3.08. The Morgan fingerprint density at radius 3 is 2.75 bits per heavy atom. The molecule has 1 aromatic carbocycles. The molecule has 0 saturated heterocycles. The van der Waals surface area contributed by atoms with E-state index in [4.69, 9.17) is 0 Å². The van der Waals surface area contributed by atoms with Gasteiger partial charge in [0.25, 0.3) is 5.91 Å². The van der Waals surface area contributed by atoms with E-state index >= 15 is 0 Å². The number of hydrogen-bond donors (Lipinski definition) is 2. The van der Waals surface area contributed by atoms with Gasteiger partial charge in [0.1, 0.15) is 0 Å². The molecule has 0 aliphatic rings. The fraction of sp³-hybridized carbons (Fsp3) is 0.286. The monoisotopic (exact) mass is 336 g/mol. The second-order valence-corrected chi connectivity index (χ2v) is 5.36. The number of nitrogens with zero attached hydrogens (tertiary/aromatic N) is 2. The Morgan fingerprint density at radius 1 is 1.40 bits per heavy atom. The van der Waals surface area contributed by atoms with Gasteiger partial charge < -0.3 is 10.6 Å². The SMILES string of the molecule is CCNc1ccc(Br)cc1NC(=O)c1cnn(C)c1C. The molecule has 1 aromatic heterocycles. The minimum Gasteiger partial charge on any atom is -0.384 e. The van der Waals surface area contributed by atoms with Crippen LogP contribution in [-0.2, 0) is 7.05 Å². The van der Waals surface area contributed by atoms with Crippen LogP contribution in [0.2, 0.25) is 0 Å². The zero-order valence-corrected chi connectivity index (χ0v) is 13.3. The lowest BCUT2D eigenvalue weighted by atomic mass is 10.2. The van der Waals surface area contributed by atoms with Gasteiger partial charge in [-0.25, -0.2) is 0 Å². The number of hydrogen-bond acceptors (Lipinski definition) is 3. The van der Waals surface area contributed by atoms with Crippen LogP contribution < -0.4 is 10.6 Å². The number of carbonyl (C=O) groups is 1. The van der Waals surface area contributed by atoms with Crippen LogP contribution >= 0.6 is 15.9 Å². The quantitative estimate of drug-likeness (QED) is 0.901. The summed E-state index contributed by atoms with van der Waals surface area (Å²) in [6, 6.07) is 5.74. The summed E-state index contributed by atoms with van der Waals surface area (Å²) in [5.74, 6) is -0.159. The van der Waals surface area contributed by atoms with Crippen molar-refractivity contribution in [3.8, 4) is 0 Å². The van der Waals surface area contributed by atoms with Gasteiger partial charge in [0.2, 0.25) is 0 Å². The Hall–Kier alpha value is -1.82. The predicted molar refractivity (Wildman–Crippen MR) is 84.2 cm³/mol. The summed E-state index contributed by atoms with van der Waals surface area (Å²) in [4.78, 5) is 12.3. The van der Waals surface area contributed by atoms with Crippen molar-refractivity contribution in [2.75, 3.05) is 17.2 Å². The van der Waals surface area contributed by atoms with Crippen molar-refractivity contribution in [2.45, 2.75) is 13.8 Å². The summed E-state index contributed by atoms with van der Waals surface area (Å²) in [5.41, 5.74) is 3.05. The molecule has 2 rings (SSSR count). The maximum Gasteiger partial charge on any atom is 0.259 e. The summed E-state index contributed by atoms with van der Waals surface area (Å²) >= 11 is 3.42. The lowest BCUT2D eigenvalue weighted by Gasteiger charge is -2.12. The molecule has 0 bridgehead atoms. The van der Waals surface area contributed by atoms with Gasteiger partial charge in [-0.1, -0.05) is 15.9 Å². The maximum absolute atomic E-state index is 12.3. The molecule has 1 heterocycles. The van der Waals surface area contributed by atoms with Gasteiger partial charge >= 0.3 is 0 Å². The zero-order chi connectivity index (χ0) is 14.7. The molecule has 5 nitrogen and oxygen atoms in total. The van der Waals surface area contributed by atoms with Crippen LogP contribution in [-0.4, -0.2) is 22.2 Å². The number of amides is 1. The standard InChI is InChI=1S/C14H17BrN4O/c1-4-16-12-6-5-10(15)7-13(12)18-14(20)11-8-17-19(3)9(11)2/h5-8,16H,4H2,1-3H3,(H,18,20). The summed E-state index contributed by atoms with van der Waals surface area (Å²) in [6.45, 7) is 4.67. The average molecular weight is 337 g/mol. The van der Waals surface area contributed by atoms with Crippen molar-refractivity contribution in [3.05, 3.63) is 40.1 Å². The Labute approximate surface area is 126 Å². The van der Waals surface area contributed by atoms with Crippen molar-refractivity contribution >= 4 is 33.2 Å². The van der Waals surface area contributed by atoms with E-state index in [0.717, 1.165) is 28.1 Å². The third-order valence-corrected chi connectivity index (χ3v) is 3.57. The lowest BCUT2D eigenvalue weighted by Crippen LogP contribution is -2.14. The molecule has 20 heavy (non-hydrogen) atoms. The Morgan fingerprint density at radius 2 is 2.15 bits per heavy atom. The van der Waals surface area contributed by atoms with Crippen molar-refractivity contribution in [2.24, 2.45) is 7.05 Å². The van der Waals surface area contributed by atoms with E-state index in [1.807, 2.05) is 39.1 Å². The first kappa shape index (κ1) is 14.6. The highest BCUT2D eigenvalue weighted by Gasteiger charge is 2.14. The zero-order valence-electron chi connectivity index (χ0n) is 11.7. The van der Waals surface area contributed by atoms with Crippen LogP contribution in [0.1, 0.15) is 23.0 Å². The molecule has 0 fully saturated rings. The Kier molecular flexibility index (Phi) is 4.44. The molecule has 0 spiro atoms. The van der Waals surface area contributed by atoms with Crippen molar-refractivity contribution in [1.29, 1.82) is 0 Å². The average Bonchev–Trinajstić information content (AvgIpc) is 2.73. The molecular weight excluding hydrogens is 320 g/mol. The summed E-state index contributed by atoms with van der Waals surface area (Å²) in [6.07, 6.45) is 1.58. The number of nitrogens with one attached hydrogen (secondary N) is 2. The third kappa shape index (κ3) is 3.01. The first-order valence-corrected chi connectivity index (χ1v) is 7.15. The summed E-state index contributed by atoms with van der Waals surface area (Å²) in [5, 5.41) is 10.2. The van der Waals surface area contributed by atoms with E-state index in [1.165, 1.54) is 0 Å². The van der Waals surface area contributed by atoms with E-state index in [2.05, 4.69) is 31.7 Å². The first-order chi connectivity index (χ1) is 9.52. The second kappa shape index (κ2) is 6.09.